The Kier molecular flexibility index (Phi) is 7.62. The molecule has 5 atom stereocenters. The van der Waals surface area contributed by atoms with E-state index in [0.29, 0.717) is 0 Å². The Morgan fingerprint density at radius 3 is 2.07 bits per heavy atom. The summed E-state index contributed by atoms with van der Waals surface area (Å²) in [4.78, 5) is 0. The number of hydrogen-bond acceptors (Lipinski definition) is 7. The maximum Gasteiger partial charge on any atom is 0.173 e. The molecule has 1 fully saturated rings. The quantitative estimate of drug-likeness (QED) is 0.288. The maximum absolute atomic E-state index is 9.20. The van der Waals surface area contributed by atoms with E-state index in [1.165, 1.54) is 0 Å². The van der Waals surface area contributed by atoms with Gasteiger partial charge in [-0.2, -0.15) is 0 Å². The van der Waals surface area contributed by atoms with Crippen molar-refractivity contribution in [2.45, 2.75) is 30.6 Å². The second-order valence-electron chi connectivity index (χ2n) is 2.81. The smallest absolute Gasteiger partial charge is 0.173 e. The lowest BCUT2D eigenvalue weighted by Gasteiger charge is -2.38. The first-order valence-corrected chi connectivity index (χ1v) is 3.64. The molecule has 0 bridgehead atoms. The molecule has 0 aromatic rings. The molecule has 1 saturated heterocycles. The Hall–Kier alpha value is 0.01000. The van der Waals surface area contributed by atoms with E-state index in [0.717, 1.165) is 0 Å². The molecule has 1 aliphatic rings. The van der Waals surface area contributed by atoms with Crippen LogP contribution in [0.5, 0.6) is 0 Å². The van der Waals surface area contributed by atoms with Gasteiger partial charge in [0.1, 0.15) is 18.3 Å². The van der Waals surface area contributed by atoms with Crippen LogP contribution in [-0.4, -0.2) is 57.7 Å². The molecule has 0 aromatic heterocycles. The summed E-state index contributed by atoms with van der Waals surface area (Å²) >= 11 is 0. The SMILES string of the molecule is Cl.N.N[C@@H]1C(O)O[C@H](CO)[C@@H](O)[C@@H]1O. The molecule has 7 nitrogen and oxygen atoms in total. The van der Waals surface area contributed by atoms with Crippen molar-refractivity contribution in [3.8, 4) is 0 Å². The normalized spacial score (nSPS) is 42.2. The van der Waals surface area contributed by atoms with E-state index < -0.39 is 37.3 Å². The molecule has 0 aliphatic carbocycles. The van der Waals surface area contributed by atoms with Crippen molar-refractivity contribution >= 4 is 12.4 Å². The summed E-state index contributed by atoms with van der Waals surface area (Å²) in [5, 5.41) is 36.1. The van der Waals surface area contributed by atoms with E-state index in [4.69, 9.17) is 20.7 Å². The minimum atomic E-state index is -1.35. The number of aliphatic hydroxyl groups is 4. The molecule has 0 radical (unpaired) electrons. The van der Waals surface area contributed by atoms with Gasteiger partial charge in [0.05, 0.1) is 12.6 Å². The maximum atomic E-state index is 9.20. The zero-order valence-electron chi connectivity index (χ0n) is 7.48. The second kappa shape index (κ2) is 6.49. The van der Waals surface area contributed by atoms with E-state index in [1.54, 1.807) is 0 Å². The van der Waals surface area contributed by atoms with Crippen LogP contribution in [0, 0.1) is 0 Å². The van der Waals surface area contributed by atoms with E-state index in [1.807, 2.05) is 0 Å². The molecule has 1 rings (SSSR count). The fourth-order valence-corrected chi connectivity index (χ4v) is 1.12. The fraction of sp³-hybridized carbons (Fsp3) is 1.00. The van der Waals surface area contributed by atoms with Crippen LogP contribution < -0.4 is 11.9 Å². The van der Waals surface area contributed by atoms with Gasteiger partial charge in [0.15, 0.2) is 6.29 Å². The first kappa shape index (κ1) is 16.4. The van der Waals surface area contributed by atoms with Crippen LogP contribution in [0.25, 0.3) is 0 Å². The van der Waals surface area contributed by atoms with Gasteiger partial charge in [-0.1, -0.05) is 0 Å². The lowest BCUT2D eigenvalue weighted by Crippen LogP contribution is -2.61. The molecule has 0 spiro atoms. The molecular formula is C6H17ClN2O5. The highest BCUT2D eigenvalue weighted by Gasteiger charge is 2.41. The lowest BCUT2D eigenvalue weighted by atomic mass is 9.98. The summed E-state index contributed by atoms with van der Waals surface area (Å²) in [5.74, 6) is 0. The molecule has 0 aromatic carbocycles. The molecule has 1 heterocycles. The van der Waals surface area contributed by atoms with Crippen LogP contribution in [0.4, 0.5) is 0 Å². The minimum absolute atomic E-state index is 0. The van der Waals surface area contributed by atoms with Crippen LogP contribution in [0.2, 0.25) is 0 Å². The zero-order valence-corrected chi connectivity index (χ0v) is 8.30. The molecule has 0 saturated carbocycles. The van der Waals surface area contributed by atoms with E-state index >= 15 is 0 Å². The van der Waals surface area contributed by atoms with Crippen molar-refractivity contribution in [2.75, 3.05) is 6.61 Å². The van der Waals surface area contributed by atoms with Gasteiger partial charge >= 0.3 is 0 Å². The van der Waals surface area contributed by atoms with Gasteiger partial charge in [-0.3, -0.25) is 0 Å². The third-order valence-electron chi connectivity index (χ3n) is 1.95. The molecule has 9 N–H and O–H groups in total. The van der Waals surface area contributed by atoms with E-state index in [2.05, 4.69) is 0 Å². The average Bonchev–Trinajstić information content (AvgIpc) is 2.08. The van der Waals surface area contributed by atoms with Crippen molar-refractivity contribution in [1.29, 1.82) is 0 Å². The topological polar surface area (TPSA) is 151 Å². The van der Waals surface area contributed by atoms with Gasteiger partial charge in [-0.05, 0) is 0 Å². The first-order chi connectivity index (χ1) is 5.57. The molecule has 8 heteroatoms. The van der Waals surface area contributed by atoms with Gasteiger partial charge in [0, 0.05) is 0 Å². The van der Waals surface area contributed by atoms with Crippen LogP contribution in [0.15, 0.2) is 0 Å². The number of hydrogen-bond donors (Lipinski definition) is 6. The van der Waals surface area contributed by atoms with Crippen LogP contribution in [0.3, 0.4) is 0 Å². The molecule has 1 aliphatic heterocycles. The summed E-state index contributed by atoms with van der Waals surface area (Å²) < 4.78 is 4.70. The third-order valence-corrected chi connectivity index (χ3v) is 1.95. The van der Waals surface area contributed by atoms with Crippen molar-refractivity contribution in [3.05, 3.63) is 0 Å². The lowest BCUT2D eigenvalue weighted by molar-refractivity contribution is -0.248. The predicted octanol–water partition coefficient (Wildman–Crippen LogP) is -2.67. The highest BCUT2D eigenvalue weighted by Crippen LogP contribution is 2.17. The number of ether oxygens (including phenoxy) is 1. The van der Waals surface area contributed by atoms with Crippen LogP contribution >= 0.6 is 12.4 Å². The van der Waals surface area contributed by atoms with Crippen LogP contribution in [0.1, 0.15) is 0 Å². The van der Waals surface area contributed by atoms with Gasteiger partial charge in [0.25, 0.3) is 0 Å². The zero-order chi connectivity index (χ0) is 9.30. The van der Waals surface area contributed by atoms with Crippen molar-refractivity contribution < 1.29 is 25.2 Å². The summed E-state index contributed by atoms with van der Waals surface area (Å²) in [5.41, 5.74) is 5.26. The largest absolute Gasteiger partial charge is 0.394 e. The van der Waals surface area contributed by atoms with Gasteiger partial charge < -0.3 is 37.0 Å². The third kappa shape index (κ3) is 3.01. The standard InChI is InChI=1S/C6H13NO5.ClH.H3N/c7-3-5(10)4(9)2(1-8)12-6(3)11;;/h2-6,8-11H,1,7H2;1H;1H3/t2-,3+,4-,5-,6?;;/m1../s1. The van der Waals surface area contributed by atoms with Gasteiger partial charge in [0.2, 0.25) is 0 Å². The monoisotopic (exact) mass is 232 g/mol. The molecule has 0 amide bonds. The summed E-state index contributed by atoms with van der Waals surface area (Å²) in [6, 6.07) is -1.04. The molecular weight excluding hydrogens is 216 g/mol. The van der Waals surface area contributed by atoms with E-state index in [9.17, 15) is 10.2 Å². The molecule has 14 heavy (non-hydrogen) atoms. The molecule has 88 valence electrons. The predicted molar refractivity (Wildman–Crippen MR) is 50.2 cm³/mol. The number of aliphatic hydroxyl groups excluding tert-OH is 4. The minimum Gasteiger partial charge on any atom is -0.394 e. The Morgan fingerprint density at radius 2 is 1.64 bits per heavy atom. The Labute approximate surface area is 87.5 Å². The number of halogens is 1. The summed E-state index contributed by atoms with van der Waals surface area (Å²) in [6.45, 7) is -0.470. The Balaban J connectivity index is 0. The number of nitrogens with two attached hydrogens (primary N) is 1. The van der Waals surface area contributed by atoms with Crippen molar-refractivity contribution in [1.82, 2.24) is 6.15 Å². The van der Waals surface area contributed by atoms with Crippen LogP contribution in [-0.2, 0) is 4.74 Å². The summed E-state index contributed by atoms with van der Waals surface area (Å²) in [7, 11) is 0. The highest BCUT2D eigenvalue weighted by molar-refractivity contribution is 5.85. The van der Waals surface area contributed by atoms with Crippen molar-refractivity contribution in [3.63, 3.8) is 0 Å². The highest BCUT2D eigenvalue weighted by atomic mass is 35.5. The first-order valence-electron chi connectivity index (χ1n) is 3.64. The fourth-order valence-electron chi connectivity index (χ4n) is 1.12. The van der Waals surface area contributed by atoms with Gasteiger partial charge in [-0.25, -0.2) is 0 Å². The molecule has 1 unspecified atom stereocenters. The van der Waals surface area contributed by atoms with Crippen molar-refractivity contribution in [2.24, 2.45) is 5.73 Å². The Morgan fingerprint density at radius 1 is 1.14 bits per heavy atom. The second-order valence-corrected chi connectivity index (χ2v) is 2.81. The van der Waals surface area contributed by atoms with E-state index in [-0.39, 0.29) is 18.6 Å². The van der Waals surface area contributed by atoms with Gasteiger partial charge in [-0.15, -0.1) is 12.4 Å². The Bertz CT molecular complexity index is 158. The average molecular weight is 233 g/mol. The summed E-state index contributed by atoms with van der Waals surface area (Å²) in [6.07, 6.45) is -4.85. The number of rotatable bonds is 1.